The van der Waals surface area contributed by atoms with E-state index in [1.165, 1.54) is 37.7 Å². The summed E-state index contributed by atoms with van der Waals surface area (Å²) in [6.45, 7) is 3.00. The molecule has 0 saturated heterocycles. The zero-order chi connectivity index (χ0) is 14.9. The molecule has 1 fully saturated rings. The first-order chi connectivity index (χ1) is 10.3. The maximum absolute atomic E-state index is 11.5. The van der Waals surface area contributed by atoms with Crippen molar-refractivity contribution in [2.24, 2.45) is 5.92 Å². The van der Waals surface area contributed by atoms with E-state index in [9.17, 15) is 4.79 Å². The molecule has 3 heteroatoms. The van der Waals surface area contributed by atoms with Crippen LogP contribution < -0.4 is 5.32 Å². The van der Waals surface area contributed by atoms with Crippen molar-refractivity contribution in [3.8, 4) is 0 Å². The Balaban J connectivity index is 1.94. The molecule has 2 rings (SSSR count). The van der Waals surface area contributed by atoms with Gasteiger partial charge in [0.15, 0.2) is 0 Å². The molecule has 116 valence electrons. The van der Waals surface area contributed by atoms with Gasteiger partial charge in [-0.05, 0) is 31.2 Å². The van der Waals surface area contributed by atoms with Gasteiger partial charge in [-0.25, -0.2) is 0 Å². The molecule has 1 saturated carbocycles. The quantitative estimate of drug-likeness (QED) is 0.775. The van der Waals surface area contributed by atoms with E-state index in [0.29, 0.717) is 31.5 Å². The van der Waals surface area contributed by atoms with Crippen molar-refractivity contribution in [1.82, 2.24) is 5.32 Å². The molecule has 0 aromatic heterocycles. The summed E-state index contributed by atoms with van der Waals surface area (Å²) < 4.78 is 5.00. The lowest BCUT2D eigenvalue weighted by Crippen LogP contribution is -2.31. The van der Waals surface area contributed by atoms with Crippen LogP contribution >= 0.6 is 0 Å². The highest BCUT2D eigenvalue weighted by Crippen LogP contribution is 2.34. The second kappa shape index (κ2) is 8.83. The highest BCUT2D eigenvalue weighted by Gasteiger charge is 2.24. The molecule has 3 nitrogen and oxygen atoms in total. The van der Waals surface area contributed by atoms with Gasteiger partial charge in [-0.1, -0.05) is 49.6 Å². The Morgan fingerprint density at radius 1 is 1.24 bits per heavy atom. The van der Waals surface area contributed by atoms with E-state index in [2.05, 4.69) is 35.6 Å². The number of ether oxygens (including phenoxy) is 1. The molecule has 0 amide bonds. The second-order valence-electron chi connectivity index (χ2n) is 5.80. The molecule has 0 aliphatic heterocycles. The fraction of sp³-hybridized carbons (Fsp3) is 0.611. The van der Waals surface area contributed by atoms with Crippen LogP contribution in [0, 0.1) is 5.92 Å². The number of benzene rings is 1. The van der Waals surface area contributed by atoms with Crippen LogP contribution in [0.3, 0.4) is 0 Å². The van der Waals surface area contributed by atoms with E-state index in [4.69, 9.17) is 4.74 Å². The molecule has 1 aliphatic carbocycles. The van der Waals surface area contributed by atoms with Crippen molar-refractivity contribution in [3.05, 3.63) is 35.9 Å². The minimum Gasteiger partial charge on any atom is -0.466 e. The Morgan fingerprint density at radius 2 is 1.95 bits per heavy atom. The van der Waals surface area contributed by atoms with Crippen molar-refractivity contribution in [2.75, 3.05) is 13.2 Å². The summed E-state index contributed by atoms with van der Waals surface area (Å²) in [5.41, 5.74) is 1.34. The van der Waals surface area contributed by atoms with Gasteiger partial charge in [0.1, 0.15) is 0 Å². The zero-order valence-electron chi connectivity index (χ0n) is 13.0. The maximum atomic E-state index is 11.5. The Labute approximate surface area is 128 Å². The van der Waals surface area contributed by atoms with Gasteiger partial charge >= 0.3 is 5.97 Å². The molecular formula is C18H27NO2. The predicted molar refractivity (Wildman–Crippen MR) is 85.0 cm³/mol. The van der Waals surface area contributed by atoms with Gasteiger partial charge in [-0.3, -0.25) is 4.79 Å². The lowest BCUT2D eigenvalue weighted by molar-refractivity contribution is -0.143. The number of carbonyl (C=O) groups excluding carboxylic acids is 1. The lowest BCUT2D eigenvalue weighted by atomic mass is 9.81. The molecule has 1 aromatic rings. The van der Waals surface area contributed by atoms with Gasteiger partial charge in [-0.2, -0.15) is 0 Å². The van der Waals surface area contributed by atoms with Gasteiger partial charge in [-0.15, -0.1) is 0 Å². The molecular weight excluding hydrogens is 262 g/mol. The van der Waals surface area contributed by atoms with Crippen molar-refractivity contribution < 1.29 is 9.53 Å². The minimum absolute atomic E-state index is 0.111. The van der Waals surface area contributed by atoms with Crippen LogP contribution in [0.2, 0.25) is 0 Å². The highest BCUT2D eigenvalue weighted by molar-refractivity contribution is 5.69. The number of esters is 1. The van der Waals surface area contributed by atoms with Crippen molar-refractivity contribution in [3.63, 3.8) is 0 Å². The zero-order valence-corrected chi connectivity index (χ0v) is 13.0. The molecule has 0 spiro atoms. The summed E-state index contributed by atoms with van der Waals surface area (Å²) in [7, 11) is 0. The van der Waals surface area contributed by atoms with Crippen LogP contribution in [0.5, 0.6) is 0 Å². The summed E-state index contributed by atoms with van der Waals surface area (Å²) in [6, 6.07) is 11.0. The number of nitrogens with one attached hydrogen (secondary N) is 1. The number of hydrogen-bond acceptors (Lipinski definition) is 3. The van der Waals surface area contributed by atoms with E-state index in [0.717, 1.165) is 0 Å². The standard InChI is InChI=1S/C18H27NO2/c1-2-21-17(20)13-14-19-18(15-9-5-3-6-10-15)16-11-7-4-8-12-16/h3,5-6,9-10,16,18-19H,2,4,7-8,11-14H2,1H3. The van der Waals surface area contributed by atoms with Gasteiger partial charge in [0.05, 0.1) is 13.0 Å². The van der Waals surface area contributed by atoms with Gasteiger partial charge < -0.3 is 10.1 Å². The Hall–Kier alpha value is -1.35. The molecule has 0 radical (unpaired) electrons. The normalized spacial score (nSPS) is 17.4. The van der Waals surface area contributed by atoms with Crippen LogP contribution in [-0.2, 0) is 9.53 Å². The molecule has 0 heterocycles. The Kier molecular flexibility index (Phi) is 6.74. The third kappa shape index (κ3) is 5.16. The summed E-state index contributed by atoms with van der Waals surface area (Å²) in [5, 5.41) is 3.59. The number of rotatable bonds is 7. The van der Waals surface area contributed by atoms with Crippen molar-refractivity contribution in [2.45, 2.75) is 51.5 Å². The monoisotopic (exact) mass is 289 g/mol. The molecule has 1 N–H and O–H groups in total. The molecule has 1 atom stereocenters. The average molecular weight is 289 g/mol. The maximum Gasteiger partial charge on any atom is 0.307 e. The van der Waals surface area contributed by atoms with E-state index < -0.39 is 0 Å². The molecule has 21 heavy (non-hydrogen) atoms. The van der Waals surface area contributed by atoms with Crippen LogP contribution in [0.4, 0.5) is 0 Å². The Bertz CT molecular complexity index is 412. The molecule has 0 bridgehead atoms. The molecule has 1 unspecified atom stereocenters. The first kappa shape index (κ1) is 16.0. The van der Waals surface area contributed by atoms with Crippen LogP contribution in [-0.4, -0.2) is 19.1 Å². The second-order valence-corrected chi connectivity index (χ2v) is 5.80. The van der Waals surface area contributed by atoms with Crippen molar-refractivity contribution in [1.29, 1.82) is 0 Å². The lowest BCUT2D eigenvalue weighted by Gasteiger charge is -2.31. The molecule has 1 aromatic carbocycles. The summed E-state index contributed by atoms with van der Waals surface area (Å²) in [6.07, 6.45) is 7.03. The predicted octanol–water partition coefficient (Wildman–Crippen LogP) is 3.85. The van der Waals surface area contributed by atoms with Gasteiger partial charge in [0.2, 0.25) is 0 Å². The number of hydrogen-bond donors (Lipinski definition) is 1. The van der Waals surface area contributed by atoms with E-state index in [1.54, 1.807) is 0 Å². The topological polar surface area (TPSA) is 38.3 Å². The minimum atomic E-state index is -0.111. The third-order valence-corrected chi connectivity index (χ3v) is 4.28. The Morgan fingerprint density at radius 3 is 2.62 bits per heavy atom. The van der Waals surface area contributed by atoms with E-state index >= 15 is 0 Å². The summed E-state index contributed by atoms with van der Waals surface area (Å²) >= 11 is 0. The van der Waals surface area contributed by atoms with Crippen LogP contribution in [0.25, 0.3) is 0 Å². The summed E-state index contributed by atoms with van der Waals surface area (Å²) in [5.74, 6) is 0.573. The third-order valence-electron chi connectivity index (χ3n) is 4.28. The fourth-order valence-electron chi connectivity index (χ4n) is 3.25. The van der Waals surface area contributed by atoms with E-state index in [-0.39, 0.29) is 5.97 Å². The van der Waals surface area contributed by atoms with Gasteiger partial charge in [0.25, 0.3) is 0 Å². The smallest absolute Gasteiger partial charge is 0.307 e. The van der Waals surface area contributed by atoms with Gasteiger partial charge in [0, 0.05) is 12.6 Å². The average Bonchev–Trinajstić information content (AvgIpc) is 2.53. The number of carbonyl (C=O) groups is 1. The molecule has 1 aliphatic rings. The largest absolute Gasteiger partial charge is 0.466 e. The van der Waals surface area contributed by atoms with E-state index in [1.807, 2.05) is 6.92 Å². The highest BCUT2D eigenvalue weighted by atomic mass is 16.5. The van der Waals surface area contributed by atoms with Crippen LogP contribution in [0.1, 0.15) is 57.1 Å². The fourth-order valence-corrected chi connectivity index (χ4v) is 3.25. The van der Waals surface area contributed by atoms with Crippen molar-refractivity contribution >= 4 is 5.97 Å². The summed E-state index contributed by atoms with van der Waals surface area (Å²) in [4.78, 5) is 11.5. The SMILES string of the molecule is CCOC(=O)CCNC(c1ccccc1)C1CCCCC1. The first-order valence-electron chi connectivity index (χ1n) is 8.25. The van der Waals surface area contributed by atoms with Crippen LogP contribution in [0.15, 0.2) is 30.3 Å². The first-order valence-corrected chi connectivity index (χ1v) is 8.25.